The van der Waals surface area contributed by atoms with E-state index in [2.05, 4.69) is 14.8 Å². The van der Waals surface area contributed by atoms with Crippen LogP contribution < -0.4 is 4.74 Å². The van der Waals surface area contributed by atoms with Crippen LogP contribution in [0.25, 0.3) is 0 Å². The van der Waals surface area contributed by atoms with Crippen molar-refractivity contribution in [3.8, 4) is 5.75 Å². The number of ether oxygens (including phenoxy) is 2. The molecular formula is C22H19F5N4O4. The zero-order valence-electron chi connectivity index (χ0n) is 18.1. The average Bonchev–Trinajstić information content (AvgIpc) is 3.28. The molecule has 0 radical (unpaired) electrons. The third-order valence-corrected chi connectivity index (χ3v) is 5.69. The molecule has 1 N–H and O–H groups in total. The first-order valence-electron chi connectivity index (χ1n) is 10.3. The number of hydrogen-bond donors (Lipinski definition) is 1. The molecule has 1 aromatic heterocycles. The van der Waals surface area contributed by atoms with Gasteiger partial charge < -0.3 is 19.5 Å². The van der Waals surface area contributed by atoms with Crippen LogP contribution in [0.1, 0.15) is 22.8 Å². The third kappa shape index (κ3) is 5.10. The van der Waals surface area contributed by atoms with Crippen LogP contribution in [0.4, 0.5) is 22.0 Å². The molecule has 1 fully saturated rings. The average molecular weight is 498 g/mol. The van der Waals surface area contributed by atoms with Gasteiger partial charge in [-0.1, -0.05) is 6.07 Å². The van der Waals surface area contributed by atoms with E-state index in [1.165, 1.54) is 22.2 Å². The van der Waals surface area contributed by atoms with Gasteiger partial charge in [-0.25, -0.2) is 18.4 Å². The molecule has 0 bridgehead atoms. The summed E-state index contributed by atoms with van der Waals surface area (Å²) in [7, 11) is 0. The molecule has 1 saturated heterocycles. The number of hydrogen-bond acceptors (Lipinski definition) is 6. The van der Waals surface area contributed by atoms with Crippen molar-refractivity contribution in [1.82, 2.24) is 19.7 Å². The minimum atomic E-state index is -4.89. The lowest BCUT2D eigenvalue weighted by atomic mass is 9.83. The first-order valence-corrected chi connectivity index (χ1v) is 10.3. The molecule has 8 nitrogen and oxygen atoms in total. The van der Waals surface area contributed by atoms with Gasteiger partial charge in [-0.05, 0) is 37.3 Å². The molecule has 1 aliphatic heterocycles. The highest BCUT2D eigenvalue weighted by molar-refractivity contribution is 5.94. The van der Waals surface area contributed by atoms with Crippen LogP contribution in [0, 0.1) is 11.6 Å². The summed E-state index contributed by atoms with van der Waals surface area (Å²) in [6.07, 6.45) is -3.91. The number of amides is 1. The molecule has 0 aliphatic carbocycles. The third-order valence-electron chi connectivity index (χ3n) is 5.69. The second-order valence-corrected chi connectivity index (χ2v) is 7.88. The number of rotatable bonds is 5. The maximum absolute atomic E-state index is 15.0. The molecule has 186 valence electrons. The summed E-state index contributed by atoms with van der Waals surface area (Å²) in [5, 5.41) is 14.5. The number of aromatic nitrogens is 3. The van der Waals surface area contributed by atoms with E-state index in [9.17, 15) is 31.9 Å². The van der Waals surface area contributed by atoms with E-state index in [1.54, 1.807) is 6.92 Å². The van der Waals surface area contributed by atoms with Crippen molar-refractivity contribution in [3.05, 3.63) is 77.9 Å². The fraction of sp³-hybridized carbons (Fsp3) is 0.318. The van der Waals surface area contributed by atoms with Gasteiger partial charge in [0, 0.05) is 17.2 Å². The number of β-amino-alcohol motifs (C(OH)–C–C–N with tert-alkyl or cyclic N) is 1. The number of nitrogens with zero attached hydrogens (tertiary/aromatic N) is 4. The Bertz CT molecular complexity index is 1190. The standard InChI is InChI=1S/C22H19F5N4O4/c1-13-21(10-30-12-28-11-29-30,17-7-4-15(23)8-18(17)24)35-19(32)9-31(13)20(33)14-2-5-16(6-3-14)34-22(25,26)27/h2-8,11-13,19,32H,9-10H2,1H3/t13-,19?,21-/m1/s1. The van der Waals surface area contributed by atoms with Crippen LogP contribution in [0.15, 0.2) is 55.1 Å². The summed E-state index contributed by atoms with van der Waals surface area (Å²) in [5.74, 6) is -2.98. The van der Waals surface area contributed by atoms with Crippen molar-refractivity contribution in [2.75, 3.05) is 6.54 Å². The van der Waals surface area contributed by atoms with Crippen LogP contribution in [-0.2, 0) is 16.9 Å². The Kier molecular flexibility index (Phi) is 6.47. The van der Waals surface area contributed by atoms with Crippen LogP contribution in [-0.4, -0.2) is 55.9 Å². The van der Waals surface area contributed by atoms with Crippen molar-refractivity contribution in [2.24, 2.45) is 0 Å². The molecule has 0 spiro atoms. The summed E-state index contributed by atoms with van der Waals surface area (Å²) in [6.45, 7) is 1.03. The van der Waals surface area contributed by atoms with Crippen LogP contribution in [0.3, 0.4) is 0 Å². The first kappa shape index (κ1) is 24.5. The summed E-state index contributed by atoms with van der Waals surface area (Å²) in [5.41, 5.74) is -1.86. The van der Waals surface area contributed by atoms with Crippen molar-refractivity contribution < 1.29 is 41.3 Å². The predicted octanol–water partition coefficient (Wildman–Crippen LogP) is 3.23. The fourth-order valence-electron chi connectivity index (χ4n) is 4.11. The summed E-state index contributed by atoms with van der Waals surface area (Å²) >= 11 is 0. The largest absolute Gasteiger partial charge is 0.573 e. The second-order valence-electron chi connectivity index (χ2n) is 7.88. The molecule has 3 aromatic rings. The lowest BCUT2D eigenvalue weighted by Crippen LogP contribution is -2.63. The summed E-state index contributed by atoms with van der Waals surface area (Å²) in [4.78, 5) is 18.4. The van der Waals surface area contributed by atoms with E-state index < -0.39 is 47.6 Å². The van der Waals surface area contributed by atoms with E-state index in [1.807, 2.05) is 0 Å². The van der Waals surface area contributed by atoms with Gasteiger partial charge in [0.1, 0.15) is 35.6 Å². The van der Waals surface area contributed by atoms with Crippen LogP contribution in [0.2, 0.25) is 0 Å². The van der Waals surface area contributed by atoms with Crippen LogP contribution in [0.5, 0.6) is 5.75 Å². The monoisotopic (exact) mass is 498 g/mol. The normalized spacial score (nSPS) is 22.8. The Labute approximate surface area is 195 Å². The van der Waals surface area contributed by atoms with Crippen molar-refractivity contribution in [1.29, 1.82) is 0 Å². The Balaban J connectivity index is 1.72. The molecular weight excluding hydrogens is 479 g/mol. The maximum Gasteiger partial charge on any atom is 0.573 e. The number of carbonyl (C=O) groups is 1. The summed E-state index contributed by atoms with van der Waals surface area (Å²) < 4.78 is 76.9. The molecule has 2 heterocycles. The number of morpholine rings is 1. The van der Waals surface area contributed by atoms with Gasteiger partial charge >= 0.3 is 6.36 Å². The number of aliphatic hydroxyl groups is 1. The van der Waals surface area contributed by atoms with E-state index in [-0.39, 0.29) is 24.2 Å². The topological polar surface area (TPSA) is 89.7 Å². The molecule has 0 saturated carbocycles. The number of aliphatic hydroxyl groups excluding tert-OH is 1. The van der Waals surface area contributed by atoms with E-state index in [0.29, 0.717) is 6.07 Å². The molecule has 3 atom stereocenters. The molecule has 35 heavy (non-hydrogen) atoms. The first-order chi connectivity index (χ1) is 16.5. The minimum Gasteiger partial charge on any atom is -0.406 e. The van der Waals surface area contributed by atoms with Gasteiger partial charge in [0.25, 0.3) is 5.91 Å². The molecule has 1 aliphatic rings. The van der Waals surface area contributed by atoms with E-state index >= 15 is 0 Å². The van der Waals surface area contributed by atoms with Gasteiger partial charge in [-0.2, -0.15) is 5.10 Å². The maximum atomic E-state index is 15.0. The lowest BCUT2D eigenvalue weighted by Gasteiger charge is -2.50. The smallest absolute Gasteiger partial charge is 0.406 e. The highest BCUT2D eigenvalue weighted by Crippen LogP contribution is 2.40. The molecule has 2 aromatic carbocycles. The van der Waals surface area contributed by atoms with Gasteiger partial charge in [0.2, 0.25) is 0 Å². The van der Waals surface area contributed by atoms with Crippen molar-refractivity contribution in [2.45, 2.75) is 37.8 Å². The minimum absolute atomic E-state index is 0.00490. The Hall–Kier alpha value is -3.58. The van der Waals surface area contributed by atoms with Crippen molar-refractivity contribution in [3.63, 3.8) is 0 Å². The van der Waals surface area contributed by atoms with Gasteiger partial charge in [-0.15, -0.1) is 13.2 Å². The number of alkyl halides is 3. The van der Waals surface area contributed by atoms with Gasteiger partial charge in [0.05, 0.1) is 19.1 Å². The quantitative estimate of drug-likeness (QED) is 0.544. The highest BCUT2D eigenvalue weighted by Gasteiger charge is 2.51. The Morgan fingerprint density at radius 2 is 1.94 bits per heavy atom. The lowest BCUT2D eigenvalue weighted by molar-refractivity contribution is -0.274. The molecule has 4 rings (SSSR count). The molecule has 1 amide bonds. The second kappa shape index (κ2) is 9.23. The highest BCUT2D eigenvalue weighted by atomic mass is 19.4. The van der Waals surface area contributed by atoms with Crippen LogP contribution >= 0.6 is 0 Å². The fourth-order valence-corrected chi connectivity index (χ4v) is 4.11. The number of benzene rings is 2. The Morgan fingerprint density at radius 3 is 2.54 bits per heavy atom. The number of halogens is 5. The number of carbonyl (C=O) groups excluding carboxylic acids is 1. The van der Waals surface area contributed by atoms with E-state index in [4.69, 9.17) is 4.74 Å². The van der Waals surface area contributed by atoms with Gasteiger partial charge in [0.15, 0.2) is 6.29 Å². The SMILES string of the molecule is C[C@H]1N(C(=O)c2ccc(OC(F)(F)F)cc2)CC(O)O[C@@]1(Cn1cncn1)c1ccc(F)cc1F. The molecule has 1 unspecified atom stereocenters. The van der Waals surface area contributed by atoms with Gasteiger partial charge in [-0.3, -0.25) is 4.79 Å². The summed E-state index contributed by atoms with van der Waals surface area (Å²) in [6, 6.07) is 6.10. The Morgan fingerprint density at radius 1 is 1.23 bits per heavy atom. The predicted molar refractivity (Wildman–Crippen MR) is 109 cm³/mol. The zero-order chi connectivity index (χ0) is 25.4. The van der Waals surface area contributed by atoms with Crippen molar-refractivity contribution >= 4 is 5.91 Å². The van der Waals surface area contributed by atoms with E-state index in [0.717, 1.165) is 36.4 Å². The zero-order valence-corrected chi connectivity index (χ0v) is 18.1. The molecule has 13 heteroatoms.